The van der Waals surface area contributed by atoms with Crippen LogP contribution in [0.2, 0.25) is 10.0 Å². The molecule has 0 aromatic heterocycles. The van der Waals surface area contributed by atoms with Crippen LogP contribution < -0.4 is 19.7 Å². The van der Waals surface area contributed by atoms with E-state index >= 15 is 0 Å². The second-order valence-corrected chi connectivity index (χ2v) is 9.09. The van der Waals surface area contributed by atoms with Crippen LogP contribution in [-0.4, -0.2) is 55.6 Å². The maximum atomic E-state index is 12.9. The number of fused-ring (bicyclic) bond motifs is 1. The molecule has 2 aliphatic rings. The summed E-state index contributed by atoms with van der Waals surface area (Å²) < 4.78 is 11.3. The molecule has 4 rings (SSSR count). The van der Waals surface area contributed by atoms with Gasteiger partial charge in [0.05, 0.1) is 10.7 Å². The lowest BCUT2D eigenvalue weighted by Crippen LogP contribution is -2.48. The molecular weight excluding hydrogens is 465 g/mol. The van der Waals surface area contributed by atoms with Crippen molar-refractivity contribution in [2.45, 2.75) is 32.3 Å². The summed E-state index contributed by atoms with van der Waals surface area (Å²) in [6, 6.07) is 10.1. The van der Waals surface area contributed by atoms with Gasteiger partial charge in [0.25, 0.3) is 11.8 Å². The first-order valence-corrected chi connectivity index (χ1v) is 11.9. The van der Waals surface area contributed by atoms with Crippen LogP contribution in [0.1, 0.15) is 26.2 Å². The highest BCUT2D eigenvalue weighted by Gasteiger charge is 2.32. The number of piperidine rings is 1. The van der Waals surface area contributed by atoms with Gasteiger partial charge in [0.15, 0.2) is 12.7 Å². The average molecular weight is 492 g/mol. The number of ether oxygens (including phenoxy) is 2. The van der Waals surface area contributed by atoms with Gasteiger partial charge in [-0.3, -0.25) is 9.59 Å². The smallest absolute Gasteiger partial charge is 0.267 e. The number of hydrogen-bond acceptors (Lipinski definition) is 5. The zero-order valence-corrected chi connectivity index (χ0v) is 20.0. The molecule has 176 valence electrons. The van der Waals surface area contributed by atoms with Gasteiger partial charge in [0, 0.05) is 23.8 Å². The second kappa shape index (κ2) is 10.6. The summed E-state index contributed by atoms with van der Waals surface area (Å²) in [6.45, 7) is 5.06. The van der Waals surface area contributed by atoms with E-state index in [0.717, 1.165) is 19.6 Å². The highest BCUT2D eigenvalue weighted by molar-refractivity contribution is 6.35. The summed E-state index contributed by atoms with van der Waals surface area (Å²) in [5, 5.41) is 3.63. The summed E-state index contributed by atoms with van der Waals surface area (Å²) >= 11 is 12.0. The SMILES string of the molecule is CC1Oc2ccc(NC(=O)COc3ccc(Cl)cc3Cl)cc2N(CCN2CCCCC2)C1=O. The molecule has 2 aliphatic heterocycles. The third-order valence-electron chi connectivity index (χ3n) is 5.79. The lowest BCUT2D eigenvalue weighted by Gasteiger charge is -2.35. The van der Waals surface area contributed by atoms with E-state index in [1.807, 2.05) is 0 Å². The summed E-state index contributed by atoms with van der Waals surface area (Å²) in [7, 11) is 0. The number of anilines is 2. The van der Waals surface area contributed by atoms with Crippen molar-refractivity contribution >= 4 is 46.4 Å². The van der Waals surface area contributed by atoms with Crippen molar-refractivity contribution in [2.75, 3.05) is 43.0 Å². The van der Waals surface area contributed by atoms with E-state index in [9.17, 15) is 9.59 Å². The molecule has 0 radical (unpaired) electrons. The summed E-state index contributed by atoms with van der Waals surface area (Å²) in [6.07, 6.45) is 3.12. The van der Waals surface area contributed by atoms with Gasteiger partial charge in [-0.1, -0.05) is 29.6 Å². The van der Waals surface area contributed by atoms with Gasteiger partial charge in [-0.15, -0.1) is 0 Å². The third-order valence-corrected chi connectivity index (χ3v) is 6.32. The minimum atomic E-state index is -0.545. The minimum Gasteiger partial charge on any atom is -0.482 e. The first kappa shape index (κ1) is 23.7. The number of hydrogen-bond donors (Lipinski definition) is 1. The zero-order valence-electron chi connectivity index (χ0n) is 18.5. The fourth-order valence-electron chi connectivity index (χ4n) is 4.07. The molecule has 1 atom stereocenters. The molecular formula is C24H27Cl2N3O4. The number of nitrogens with zero attached hydrogens (tertiary/aromatic N) is 2. The van der Waals surface area contributed by atoms with E-state index < -0.39 is 6.10 Å². The van der Waals surface area contributed by atoms with Crippen molar-refractivity contribution in [2.24, 2.45) is 0 Å². The van der Waals surface area contributed by atoms with Crippen LogP contribution in [0.25, 0.3) is 0 Å². The van der Waals surface area contributed by atoms with E-state index in [-0.39, 0.29) is 18.4 Å². The Balaban J connectivity index is 1.42. The molecule has 0 saturated carbocycles. The van der Waals surface area contributed by atoms with Gasteiger partial charge in [-0.25, -0.2) is 0 Å². The Bertz CT molecular complexity index is 1030. The predicted octanol–water partition coefficient (Wildman–Crippen LogP) is 4.61. The maximum Gasteiger partial charge on any atom is 0.267 e. The fraction of sp³-hybridized carbons (Fsp3) is 0.417. The molecule has 1 unspecified atom stereocenters. The highest BCUT2D eigenvalue weighted by Crippen LogP contribution is 2.36. The molecule has 33 heavy (non-hydrogen) atoms. The monoisotopic (exact) mass is 491 g/mol. The number of likely N-dealkylation sites (tertiary alicyclic amines) is 1. The molecule has 1 saturated heterocycles. The van der Waals surface area contributed by atoms with Crippen molar-refractivity contribution in [3.8, 4) is 11.5 Å². The van der Waals surface area contributed by atoms with Crippen molar-refractivity contribution in [3.63, 3.8) is 0 Å². The topological polar surface area (TPSA) is 71.1 Å². The molecule has 2 heterocycles. The van der Waals surface area contributed by atoms with E-state index in [1.54, 1.807) is 48.2 Å². The molecule has 0 aliphatic carbocycles. The van der Waals surface area contributed by atoms with E-state index in [0.29, 0.717) is 39.5 Å². The van der Waals surface area contributed by atoms with Gasteiger partial charge in [0.2, 0.25) is 0 Å². The number of rotatable bonds is 7. The molecule has 2 amide bonds. The number of amides is 2. The van der Waals surface area contributed by atoms with Crippen LogP contribution in [-0.2, 0) is 9.59 Å². The van der Waals surface area contributed by atoms with Crippen LogP contribution in [0.3, 0.4) is 0 Å². The Morgan fingerprint density at radius 2 is 1.91 bits per heavy atom. The Kier molecular flexibility index (Phi) is 7.63. The van der Waals surface area contributed by atoms with E-state index in [1.165, 1.54) is 19.3 Å². The molecule has 1 N–H and O–H groups in total. The third kappa shape index (κ3) is 5.91. The normalized spacial score (nSPS) is 18.5. The first-order chi connectivity index (χ1) is 15.9. The van der Waals surface area contributed by atoms with Crippen LogP contribution in [0.4, 0.5) is 11.4 Å². The minimum absolute atomic E-state index is 0.0799. The Morgan fingerprint density at radius 1 is 1.12 bits per heavy atom. The highest BCUT2D eigenvalue weighted by atomic mass is 35.5. The van der Waals surface area contributed by atoms with Crippen molar-refractivity contribution < 1.29 is 19.1 Å². The van der Waals surface area contributed by atoms with Gasteiger partial charge in [-0.05, 0) is 69.3 Å². The molecule has 7 nitrogen and oxygen atoms in total. The van der Waals surface area contributed by atoms with Crippen molar-refractivity contribution in [1.82, 2.24) is 4.90 Å². The lowest BCUT2D eigenvalue weighted by atomic mass is 10.1. The van der Waals surface area contributed by atoms with Gasteiger partial charge in [0.1, 0.15) is 11.5 Å². The van der Waals surface area contributed by atoms with E-state index in [2.05, 4.69) is 10.2 Å². The molecule has 0 spiro atoms. The molecule has 0 bridgehead atoms. The molecule has 1 fully saturated rings. The Hall–Kier alpha value is -2.48. The van der Waals surface area contributed by atoms with Crippen LogP contribution in [0, 0.1) is 0 Å². The number of halogens is 2. The largest absolute Gasteiger partial charge is 0.482 e. The number of nitrogens with one attached hydrogen (secondary N) is 1. The molecule has 2 aromatic carbocycles. The lowest BCUT2D eigenvalue weighted by molar-refractivity contribution is -0.125. The predicted molar refractivity (Wildman–Crippen MR) is 130 cm³/mol. The van der Waals surface area contributed by atoms with Crippen LogP contribution in [0.15, 0.2) is 36.4 Å². The Labute approximate surface area is 203 Å². The average Bonchev–Trinajstić information content (AvgIpc) is 2.80. The number of carbonyl (C=O) groups is 2. The summed E-state index contributed by atoms with van der Waals surface area (Å²) in [5.74, 6) is 0.572. The quantitative estimate of drug-likeness (QED) is 0.612. The number of benzene rings is 2. The second-order valence-electron chi connectivity index (χ2n) is 8.25. The molecule has 9 heteroatoms. The van der Waals surface area contributed by atoms with E-state index in [4.69, 9.17) is 32.7 Å². The van der Waals surface area contributed by atoms with Crippen molar-refractivity contribution in [1.29, 1.82) is 0 Å². The van der Waals surface area contributed by atoms with Gasteiger partial charge in [-0.2, -0.15) is 0 Å². The van der Waals surface area contributed by atoms with Crippen molar-refractivity contribution in [3.05, 3.63) is 46.4 Å². The number of carbonyl (C=O) groups excluding carboxylic acids is 2. The fourth-order valence-corrected chi connectivity index (χ4v) is 4.54. The van der Waals surface area contributed by atoms with Crippen LogP contribution in [0.5, 0.6) is 11.5 Å². The first-order valence-electron chi connectivity index (χ1n) is 11.1. The maximum absolute atomic E-state index is 12.9. The van der Waals surface area contributed by atoms with Gasteiger partial charge >= 0.3 is 0 Å². The van der Waals surface area contributed by atoms with Crippen LogP contribution >= 0.6 is 23.2 Å². The summed E-state index contributed by atoms with van der Waals surface area (Å²) in [4.78, 5) is 29.5. The molecule has 2 aromatic rings. The standard InChI is InChI=1S/C24H27Cl2N3O4/c1-16-24(31)29(12-11-28-9-3-2-4-10-28)20-14-18(6-8-22(20)33-16)27-23(30)15-32-21-7-5-17(25)13-19(21)26/h5-8,13-14,16H,2-4,9-12,15H2,1H3,(H,27,30). The summed E-state index contributed by atoms with van der Waals surface area (Å²) in [5.41, 5.74) is 1.22. The Morgan fingerprint density at radius 3 is 2.67 bits per heavy atom. The zero-order chi connectivity index (χ0) is 23.4. The van der Waals surface area contributed by atoms with Gasteiger partial charge < -0.3 is 24.6 Å².